The SMILES string of the molecule is CC(C)(Oc1cccc(Br)c1)C(C)(C)C(=O)Nc1ccnc(C(F)(F)F)c1. The Labute approximate surface area is 164 Å². The quantitative estimate of drug-likeness (QED) is 0.644. The summed E-state index contributed by atoms with van der Waals surface area (Å²) in [6.45, 7) is 6.85. The molecular weight excluding hydrogens is 425 g/mol. The Kier molecular flexibility index (Phi) is 5.89. The van der Waals surface area contributed by atoms with Crippen LogP contribution in [0.4, 0.5) is 18.9 Å². The summed E-state index contributed by atoms with van der Waals surface area (Å²) in [7, 11) is 0. The highest BCUT2D eigenvalue weighted by Crippen LogP contribution is 2.37. The molecule has 0 aliphatic carbocycles. The van der Waals surface area contributed by atoms with E-state index in [1.165, 1.54) is 6.07 Å². The van der Waals surface area contributed by atoms with Crippen LogP contribution in [0.1, 0.15) is 33.4 Å². The van der Waals surface area contributed by atoms with Crippen molar-refractivity contribution in [3.8, 4) is 5.75 Å². The van der Waals surface area contributed by atoms with E-state index >= 15 is 0 Å². The number of halogens is 4. The summed E-state index contributed by atoms with van der Waals surface area (Å²) in [5.74, 6) is 0.0975. The van der Waals surface area contributed by atoms with Crippen molar-refractivity contribution in [3.63, 3.8) is 0 Å². The lowest BCUT2D eigenvalue weighted by Crippen LogP contribution is -2.51. The molecule has 0 aliphatic rings. The Bertz CT molecular complexity index is 836. The molecule has 0 spiro atoms. The predicted octanol–water partition coefficient (Wildman–Crippen LogP) is 5.69. The summed E-state index contributed by atoms with van der Waals surface area (Å²) in [4.78, 5) is 16.1. The van der Waals surface area contributed by atoms with Crippen LogP contribution in [0.2, 0.25) is 0 Å². The van der Waals surface area contributed by atoms with Gasteiger partial charge in [0.15, 0.2) is 0 Å². The van der Waals surface area contributed by atoms with Gasteiger partial charge in [0.25, 0.3) is 0 Å². The number of nitrogens with one attached hydrogen (secondary N) is 1. The van der Waals surface area contributed by atoms with E-state index in [0.717, 1.165) is 16.7 Å². The molecule has 1 N–H and O–H groups in total. The molecule has 0 aliphatic heterocycles. The second kappa shape index (κ2) is 7.50. The zero-order chi connectivity index (χ0) is 20.5. The minimum atomic E-state index is -4.58. The van der Waals surface area contributed by atoms with Gasteiger partial charge in [0.1, 0.15) is 17.0 Å². The molecule has 0 atom stereocenters. The summed E-state index contributed by atoms with van der Waals surface area (Å²) in [6.07, 6.45) is -3.58. The molecule has 0 bridgehead atoms. The normalized spacial score (nSPS) is 12.6. The molecule has 1 aromatic carbocycles. The van der Waals surface area contributed by atoms with E-state index in [1.807, 2.05) is 6.07 Å². The molecule has 0 saturated heterocycles. The molecule has 0 unspecified atom stereocenters. The van der Waals surface area contributed by atoms with Gasteiger partial charge in [0.2, 0.25) is 5.91 Å². The van der Waals surface area contributed by atoms with E-state index in [1.54, 1.807) is 45.9 Å². The first-order valence-electron chi connectivity index (χ1n) is 8.12. The van der Waals surface area contributed by atoms with Crippen LogP contribution in [0.15, 0.2) is 47.1 Å². The number of aromatic nitrogens is 1. The van der Waals surface area contributed by atoms with Gasteiger partial charge in [-0.2, -0.15) is 13.2 Å². The van der Waals surface area contributed by atoms with Gasteiger partial charge in [-0.05, 0) is 58.0 Å². The number of benzene rings is 1. The first-order chi connectivity index (χ1) is 12.3. The maximum absolute atomic E-state index is 12.8. The first kappa shape index (κ1) is 21.2. The van der Waals surface area contributed by atoms with Crippen LogP contribution in [-0.2, 0) is 11.0 Å². The van der Waals surface area contributed by atoms with Crippen molar-refractivity contribution in [2.45, 2.75) is 39.5 Å². The van der Waals surface area contributed by atoms with Crippen LogP contribution in [-0.4, -0.2) is 16.5 Å². The van der Waals surface area contributed by atoms with Crippen LogP contribution in [0.5, 0.6) is 5.75 Å². The number of carbonyl (C=O) groups excluding carboxylic acids is 1. The second-order valence-corrected chi connectivity index (χ2v) is 7.99. The third-order valence-electron chi connectivity index (χ3n) is 4.55. The van der Waals surface area contributed by atoms with Crippen molar-refractivity contribution in [2.75, 3.05) is 5.32 Å². The Morgan fingerprint density at radius 2 is 1.78 bits per heavy atom. The highest BCUT2D eigenvalue weighted by atomic mass is 79.9. The standard InChI is InChI=1S/C19H20BrF3N2O2/c1-17(2,18(3,4)27-14-7-5-6-12(20)10-14)16(26)25-13-8-9-24-15(11-13)19(21,22)23/h5-11H,1-4H3,(H,24,25,26). The molecule has 4 nitrogen and oxygen atoms in total. The number of carbonyl (C=O) groups is 1. The van der Waals surface area contributed by atoms with Gasteiger partial charge in [-0.3, -0.25) is 9.78 Å². The third-order valence-corrected chi connectivity index (χ3v) is 5.04. The Balaban J connectivity index is 2.20. The molecular formula is C19H20BrF3N2O2. The van der Waals surface area contributed by atoms with Crippen LogP contribution in [0.3, 0.4) is 0 Å². The smallest absolute Gasteiger partial charge is 0.433 e. The Hall–Kier alpha value is -2.09. The van der Waals surface area contributed by atoms with Crippen molar-refractivity contribution >= 4 is 27.5 Å². The van der Waals surface area contributed by atoms with Crippen molar-refractivity contribution in [3.05, 3.63) is 52.8 Å². The van der Waals surface area contributed by atoms with E-state index in [4.69, 9.17) is 4.74 Å². The first-order valence-corrected chi connectivity index (χ1v) is 8.91. The monoisotopic (exact) mass is 444 g/mol. The fourth-order valence-corrected chi connectivity index (χ4v) is 2.56. The van der Waals surface area contributed by atoms with Gasteiger partial charge in [0.05, 0.1) is 5.41 Å². The average Bonchev–Trinajstić information content (AvgIpc) is 2.53. The van der Waals surface area contributed by atoms with Gasteiger partial charge in [0, 0.05) is 16.4 Å². The van der Waals surface area contributed by atoms with Crippen molar-refractivity contribution in [1.82, 2.24) is 4.98 Å². The summed E-state index contributed by atoms with van der Waals surface area (Å²) >= 11 is 3.36. The highest BCUT2D eigenvalue weighted by molar-refractivity contribution is 9.10. The summed E-state index contributed by atoms with van der Waals surface area (Å²) < 4.78 is 45.2. The lowest BCUT2D eigenvalue weighted by molar-refractivity contribution is -0.141. The number of alkyl halides is 3. The van der Waals surface area contributed by atoms with E-state index in [9.17, 15) is 18.0 Å². The number of amides is 1. The van der Waals surface area contributed by atoms with E-state index in [0.29, 0.717) is 5.75 Å². The maximum Gasteiger partial charge on any atom is 0.433 e. The lowest BCUT2D eigenvalue weighted by Gasteiger charge is -2.40. The molecule has 146 valence electrons. The van der Waals surface area contributed by atoms with Gasteiger partial charge >= 0.3 is 6.18 Å². The van der Waals surface area contributed by atoms with Crippen molar-refractivity contribution < 1.29 is 22.7 Å². The number of anilines is 1. The molecule has 27 heavy (non-hydrogen) atoms. The average molecular weight is 445 g/mol. The van der Waals surface area contributed by atoms with Gasteiger partial charge in [-0.25, -0.2) is 0 Å². The van der Waals surface area contributed by atoms with Gasteiger partial charge < -0.3 is 10.1 Å². The van der Waals surface area contributed by atoms with E-state index in [-0.39, 0.29) is 5.69 Å². The third kappa shape index (κ3) is 5.00. The second-order valence-electron chi connectivity index (χ2n) is 7.08. The molecule has 1 amide bonds. The van der Waals surface area contributed by atoms with E-state index in [2.05, 4.69) is 26.2 Å². The van der Waals surface area contributed by atoms with Crippen LogP contribution in [0, 0.1) is 5.41 Å². The fraction of sp³-hybridized carbons (Fsp3) is 0.368. The number of nitrogens with zero attached hydrogens (tertiary/aromatic N) is 1. The van der Waals surface area contributed by atoms with Crippen LogP contribution >= 0.6 is 15.9 Å². The highest BCUT2D eigenvalue weighted by Gasteiger charge is 2.45. The fourth-order valence-electron chi connectivity index (χ4n) is 2.18. The molecule has 8 heteroatoms. The largest absolute Gasteiger partial charge is 0.487 e. The van der Waals surface area contributed by atoms with Crippen LogP contribution in [0.25, 0.3) is 0 Å². The number of hydrogen-bond acceptors (Lipinski definition) is 3. The maximum atomic E-state index is 12.8. The minimum Gasteiger partial charge on any atom is -0.487 e. The summed E-state index contributed by atoms with van der Waals surface area (Å²) in [5.41, 5.74) is -3.05. The topological polar surface area (TPSA) is 51.2 Å². The Morgan fingerprint density at radius 1 is 1.11 bits per heavy atom. The van der Waals surface area contributed by atoms with Crippen molar-refractivity contribution in [2.24, 2.45) is 5.41 Å². The molecule has 0 saturated carbocycles. The molecule has 1 aromatic heterocycles. The van der Waals surface area contributed by atoms with Gasteiger partial charge in [-0.15, -0.1) is 0 Å². The minimum absolute atomic E-state index is 0.0219. The number of hydrogen-bond donors (Lipinski definition) is 1. The summed E-state index contributed by atoms with van der Waals surface area (Å²) in [6, 6.07) is 9.30. The Morgan fingerprint density at radius 3 is 2.37 bits per heavy atom. The van der Waals surface area contributed by atoms with Gasteiger partial charge in [-0.1, -0.05) is 22.0 Å². The number of rotatable bonds is 5. The zero-order valence-corrected chi connectivity index (χ0v) is 16.9. The zero-order valence-electron chi connectivity index (χ0n) is 15.3. The van der Waals surface area contributed by atoms with E-state index < -0.39 is 28.8 Å². The number of ether oxygens (including phenoxy) is 1. The van der Waals surface area contributed by atoms with Crippen LogP contribution < -0.4 is 10.1 Å². The molecule has 2 rings (SSSR count). The predicted molar refractivity (Wildman–Crippen MR) is 100 cm³/mol. The molecule has 0 radical (unpaired) electrons. The van der Waals surface area contributed by atoms with Crippen molar-refractivity contribution in [1.29, 1.82) is 0 Å². The number of pyridine rings is 1. The molecule has 1 heterocycles. The molecule has 2 aromatic rings. The molecule has 0 fully saturated rings. The summed E-state index contributed by atoms with van der Waals surface area (Å²) in [5, 5.41) is 2.53. The lowest BCUT2D eigenvalue weighted by atomic mass is 9.76.